The SMILES string of the molecule is CN(Cc1cc(-c2ccccc2)n[nH]1)c1ccc(C(=O)N2CCC(N)C2)nn1. The Morgan fingerprint density at radius 2 is 2.07 bits per heavy atom. The maximum atomic E-state index is 12.4. The zero-order chi connectivity index (χ0) is 19.5. The summed E-state index contributed by atoms with van der Waals surface area (Å²) in [6.07, 6.45) is 0.829. The molecule has 0 aliphatic carbocycles. The molecule has 8 nitrogen and oxygen atoms in total. The number of anilines is 1. The number of nitrogens with zero attached hydrogens (tertiary/aromatic N) is 5. The van der Waals surface area contributed by atoms with Crippen LogP contribution in [0.25, 0.3) is 11.3 Å². The van der Waals surface area contributed by atoms with Gasteiger partial charge in [-0.2, -0.15) is 5.10 Å². The standard InChI is InChI=1S/C20H23N7O/c1-26(13-16-11-18(24-22-16)14-5-3-2-4-6-14)19-8-7-17(23-25-19)20(28)27-10-9-15(21)12-27/h2-8,11,15H,9-10,12-13,21H2,1H3,(H,22,24). The van der Waals surface area contributed by atoms with Crippen molar-refractivity contribution in [2.24, 2.45) is 5.73 Å². The minimum Gasteiger partial charge on any atom is -0.352 e. The van der Waals surface area contributed by atoms with Gasteiger partial charge in [-0.15, -0.1) is 10.2 Å². The second kappa shape index (κ2) is 7.77. The number of hydrogen-bond donors (Lipinski definition) is 2. The molecule has 8 heteroatoms. The first-order valence-corrected chi connectivity index (χ1v) is 9.29. The monoisotopic (exact) mass is 377 g/mol. The van der Waals surface area contributed by atoms with Crippen molar-refractivity contribution in [2.45, 2.75) is 19.0 Å². The van der Waals surface area contributed by atoms with Gasteiger partial charge in [0.05, 0.1) is 17.9 Å². The molecule has 0 bridgehead atoms. The third-order valence-corrected chi connectivity index (χ3v) is 4.88. The van der Waals surface area contributed by atoms with E-state index in [-0.39, 0.29) is 11.9 Å². The number of benzene rings is 1. The van der Waals surface area contributed by atoms with Crippen molar-refractivity contribution in [2.75, 3.05) is 25.0 Å². The van der Waals surface area contributed by atoms with Crippen LogP contribution in [0.1, 0.15) is 22.6 Å². The van der Waals surface area contributed by atoms with Crippen molar-refractivity contribution in [3.05, 3.63) is 59.9 Å². The highest BCUT2D eigenvalue weighted by Gasteiger charge is 2.25. The number of hydrogen-bond acceptors (Lipinski definition) is 6. The maximum Gasteiger partial charge on any atom is 0.274 e. The maximum absolute atomic E-state index is 12.4. The summed E-state index contributed by atoms with van der Waals surface area (Å²) in [5.41, 5.74) is 9.16. The van der Waals surface area contributed by atoms with Crippen LogP contribution < -0.4 is 10.6 Å². The zero-order valence-corrected chi connectivity index (χ0v) is 15.7. The summed E-state index contributed by atoms with van der Waals surface area (Å²) >= 11 is 0. The van der Waals surface area contributed by atoms with Gasteiger partial charge in [0.15, 0.2) is 11.5 Å². The van der Waals surface area contributed by atoms with E-state index in [9.17, 15) is 4.79 Å². The van der Waals surface area contributed by atoms with E-state index in [0.717, 1.165) is 23.4 Å². The Labute approximate surface area is 163 Å². The Balaban J connectivity index is 1.41. The van der Waals surface area contributed by atoms with Crippen molar-refractivity contribution < 1.29 is 4.79 Å². The van der Waals surface area contributed by atoms with E-state index in [2.05, 4.69) is 20.4 Å². The van der Waals surface area contributed by atoms with Gasteiger partial charge in [-0.3, -0.25) is 9.89 Å². The van der Waals surface area contributed by atoms with Gasteiger partial charge in [0.2, 0.25) is 0 Å². The van der Waals surface area contributed by atoms with E-state index in [1.807, 2.05) is 54.4 Å². The molecule has 0 saturated carbocycles. The highest BCUT2D eigenvalue weighted by Crippen LogP contribution is 2.19. The predicted molar refractivity (Wildman–Crippen MR) is 107 cm³/mol. The molecule has 1 aliphatic rings. The minimum atomic E-state index is -0.115. The molecule has 1 saturated heterocycles. The topological polar surface area (TPSA) is 104 Å². The molecule has 2 aromatic heterocycles. The lowest BCUT2D eigenvalue weighted by Gasteiger charge is -2.18. The lowest BCUT2D eigenvalue weighted by molar-refractivity contribution is 0.0784. The summed E-state index contributed by atoms with van der Waals surface area (Å²) in [6, 6.07) is 15.6. The summed E-state index contributed by atoms with van der Waals surface area (Å²) in [5.74, 6) is 0.571. The molecular weight excluding hydrogens is 354 g/mol. The smallest absolute Gasteiger partial charge is 0.274 e. The highest BCUT2D eigenvalue weighted by molar-refractivity contribution is 5.92. The van der Waals surface area contributed by atoms with Crippen LogP contribution in [-0.4, -0.2) is 57.4 Å². The molecule has 3 aromatic rings. The van der Waals surface area contributed by atoms with E-state index in [1.54, 1.807) is 11.0 Å². The molecule has 1 atom stereocenters. The number of carbonyl (C=O) groups is 1. The van der Waals surface area contributed by atoms with Crippen molar-refractivity contribution in [3.8, 4) is 11.3 Å². The van der Waals surface area contributed by atoms with E-state index in [4.69, 9.17) is 5.73 Å². The number of amides is 1. The quantitative estimate of drug-likeness (QED) is 0.701. The fourth-order valence-corrected chi connectivity index (χ4v) is 3.31. The summed E-state index contributed by atoms with van der Waals surface area (Å²) in [7, 11) is 1.92. The Morgan fingerprint density at radius 1 is 1.25 bits per heavy atom. The molecule has 1 aliphatic heterocycles. The predicted octanol–water partition coefficient (Wildman–Crippen LogP) is 1.68. The lowest BCUT2D eigenvalue weighted by Crippen LogP contribution is -2.32. The van der Waals surface area contributed by atoms with Crippen LogP contribution >= 0.6 is 0 Å². The molecular formula is C20H23N7O. The number of H-pyrrole nitrogens is 1. The molecule has 4 rings (SSSR count). The van der Waals surface area contributed by atoms with Crippen LogP contribution in [0.4, 0.5) is 5.82 Å². The Bertz CT molecular complexity index is 939. The molecule has 1 amide bonds. The second-order valence-corrected chi connectivity index (χ2v) is 7.08. The Morgan fingerprint density at radius 3 is 2.75 bits per heavy atom. The lowest BCUT2D eigenvalue weighted by atomic mass is 10.1. The van der Waals surface area contributed by atoms with E-state index >= 15 is 0 Å². The number of carbonyl (C=O) groups excluding carboxylic acids is 1. The van der Waals surface area contributed by atoms with E-state index < -0.39 is 0 Å². The summed E-state index contributed by atoms with van der Waals surface area (Å²) in [6.45, 7) is 1.85. The van der Waals surface area contributed by atoms with Gasteiger partial charge in [0.1, 0.15) is 0 Å². The minimum absolute atomic E-state index is 0.0532. The van der Waals surface area contributed by atoms with Crippen LogP contribution in [0.2, 0.25) is 0 Å². The third kappa shape index (κ3) is 3.86. The molecule has 1 fully saturated rings. The molecule has 28 heavy (non-hydrogen) atoms. The van der Waals surface area contributed by atoms with Gasteiger partial charge in [0.25, 0.3) is 5.91 Å². The first-order valence-electron chi connectivity index (χ1n) is 9.29. The fraction of sp³-hybridized carbons (Fsp3) is 0.300. The number of rotatable bonds is 5. The number of aromatic nitrogens is 4. The van der Waals surface area contributed by atoms with Crippen LogP contribution in [0.3, 0.4) is 0 Å². The van der Waals surface area contributed by atoms with Gasteiger partial charge < -0.3 is 15.5 Å². The van der Waals surface area contributed by atoms with E-state index in [1.165, 1.54) is 0 Å². The van der Waals surface area contributed by atoms with Crippen LogP contribution in [0.5, 0.6) is 0 Å². The summed E-state index contributed by atoms with van der Waals surface area (Å²) < 4.78 is 0. The van der Waals surface area contributed by atoms with Crippen LogP contribution in [0.15, 0.2) is 48.5 Å². The summed E-state index contributed by atoms with van der Waals surface area (Å²) in [5, 5.41) is 15.8. The largest absolute Gasteiger partial charge is 0.352 e. The van der Waals surface area contributed by atoms with Crippen molar-refractivity contribution in [1.29, 1.82) is 0 Å². The fourth-order valence-electron chi connectivity index (χ4n) is 3.31. The number of nitrogens with two attached hydrogens (primary N) is 1. The normalized spacial score (nSPS) is 16.4. The number of nitrogens with one attached hydrogen (secondary N) is 1. The van der Waals surface area contributed by atoms with Crippen molar-refractivity contribution in [3.63, 3.8) is 0 Å². The van der Waals surface area contributed by atoms with Gasteiger partial charge in [-0.1, -0.05) is 30.3 Å². The first-order chi connectivity index (χ1) is 13.6. The summed E-state index contributed by atoms with van der Waals surface area (Å²) in [4.78, 5) is 16.1. The van der Waals surface area contributed by atoms with Gasteiger partial charge in [0, 0.05) is 31.7 Å². The van der Waals surface area contributed by atoms with Gasteiger partial charge >= 0.3 is 0 Å². The number of aromatic amines is 1. The number of likely N-dealkylation sites (tertiary alicyclic amines) is 1. The molecule has 3 N–H and O–H groups in total. The third-order valence-electron chi connectivity index (χ3n) is 4.88. The average molecular weight is 377 g/mol. The highest BCUT2D eigenvalue weighted by atomic mass is 16.2. The van der Waals surface area contributed by atoms with Crippen LogP contribution in [-0.2, 0) is 6.54 Å². The Hall–Kier alpha value is -3.26. The molecule has 0 spiro atoms. The molecule has 1 aromatic carbocycles. The van der Waals surface area contributed by atoms with Crippen LogP contribution in [0, 0.1) is 0 Å². The molecule has 0 radical (unpaired) electrons. The van der Waals surface area contributed by atoms with E-state index in [0.29, 0.717) is 31.1 Å². The molecule has 144 valence electrons. The first kappa shape index (κ1) is 18.1. The Kier molecular flexibility index (Phi) is 5.03. The second-order valence-electron chi connectivity index (χ2n) is 7.08. The van der Waals surface area contributed by atoms with Gasteiger partial charge in [-0.25, -0.2) is 0 Å². The molecule has 3 heterocycles. The van der Waals surface area contributed by atoms with Crippen molar-refractivity contribution >= 4 is 11.7 Å². The average Bonchev–Trinajstić information content (AvgIpc) is 3.37. The van der Waals surface area contributed by atoms with Crippen molar-refractivity contribution in [1.82, 2.24) is 25.3 Å². The van der Waals surface area contributed by atoms with Gasteiger partial charge in [-0.05, 0) is 24.6 Å². The zero-order valence-electron chi connectivity index (χ0n) is 15.7. The molecule has 1 unspecified atom stereocenters.